The Bertz CT molecular complexity index is 994. The first-order valence-electron chi connectivity index (χ1n) is 6.88. The number of imidazole rings is 1. The molecule has 0 aliphatic heterocycles. The molecule has 2 heterocycles. The summed E-state index contributed by atoms with van der Waals surface area (Å²) in [5, 5.41) is 3.12. The Hall–Kier alpha value is -2.83. The highest BCUT2D eigenvalue weighted by Crippen LogP contribution is 2.18. The molecule has 7 heteroatoms. The summed E-state index contributed by atoms with van der Waals surface area (Å²) in [6.45, 7) is 4.07. The molecule has 22 heavy (non-hydrogen) atoms. The Balaban J connectivity index is 2.11. The van der Waals surface area contributed by atoms with Crippen LogP contribution < -0.4 is 16.6 Å². The fourth-order valence-electron chi connectivity index (χ4n) is 2.34. The van der Waals surface area contributed by atoms with Gasteiger partial charge in [-0.05, 0) is 37.1 Å². The van der Waals surface area contributed by atoms with Crippen molar-refractivity contribution in [2.75, 3.05) is 5.32 Å². The normalized spacial score (nSPS) is 11.1. The molecular weight excluding hydrogens is 282 g/mol. The van der Waals surface area contributed by atoms with Gasteiger partial charge >= 0.3 is 5.69 Å². The largest absolute Gasteiger partial charge is 0.332 e. The van der Waals surface area contributed by atoms with Gasteiger partial charge in [0.1, 0.15) is 0 Å². The fourth-order valence-corrected chi connectivity index (χ4v) is 2.34. The van der Waals surface area contributed by atoms with Crippen LogP contribution in [-0.4, -0.2) is 19.1 Å². The zero-order valence-electron chi connectivity index (χ0n) is 12.9. The first-order chi connectivity index (χ1) is 10.4. The van der Waals surface area contributed by atoms with E-state index in [2.05, 4.69) is 15.3 Å². The number of anilines is 2. The third-order valence-corrected chi connectivity index (χ3v) is 3.86. The molecule has 7 nitrogen and oxygen atoms in total. The van der Waals surface area contributed by atoms with Crippen molar-refractivity contribution in [2.45, 2.75) is 13.8 Å². The van der Waals surface area contributed by atoms with Gasteiger partial charge < -0.3 is 10.3 Å². The van der Waals surface area contributed by atoms with Gasteiger partial charge in [-0.3, -0.25) is 13.9 Å². The molecule has 3 aromatic rings. The second-order valence-corrected chi connectivity index (χ2v) is 5.41. The van der Waals surface area contributed by atoms with E-state index in [-0.39, 0.29) is 0 Å². The highest BCUT2D eigenvalue weighted by molar-refractivity contribution is 5.74. The van der Waals surface area contributed by atoms with Gasteiger partial charge in [0.15, 0.2) is 11.2 Å². The highest BCUT2D eigenvalue weighted by Gasteiger charge is 2.13. The van der Waals surface area contributed by atoms with Crippen molar-refractivity contribution in [1.82, 2.24) is 19.1 Å². The molecule has 0 unspecified atom stereocenters. The summed E-state index contributed by atoms with van der Waals surface area (Å²) in [6, 6.07) is 5.95. The quantitative estimate of drug-likeness (QED) is 0.747. The monoisotopic (exact) mass is 299 g/mol. The molecule has 0 saturated carbocycles. The van der Waals surface area contributed by atoms with Gasteiger partial charge in [-0.25, -0.2) is 4.79 Å². The molecule has 0 saturated heterocycles. The van der Waals surface area contributed by atoms with Crippen LogP contribution in [0.25, 0.3) is 11.2 Å². The Labute approximate surface area is 126 Å². The zero-order valence-corrected chi connectivity index (χ0v) is 12.9. The van der Waals surface area contributed by atoms with Crippen LogP contribution in [0.15, 0.2) is 27.8 Å². The lowest BCUT2D eigenvalue weighted by atomic mass is 10.1. The van der Waals surface area contributed by atoms with Crippen LogP contribution in [0.5, 0.6) is 0 Å². The maximum Gasteiger partial charge on any atom is 0.332 e. The Morgan fingerprint density at radius 3 is 2.50 bits per heavy atom. The maximum atomic E-state index is 12.1. The van der Waals surface area contributed by atoms with Crippen molar-refractivity contribution in [3.05, 3.63) is 50.2 Å². The predicted octanol–water partition coefficient (Wildman–Crippen LogP) is 1.32. The minimum atomic E-state index is -0.401. The molecule has 0 aliphatic carbocycles. The van der Waals surface area contributed by atoms with Crippen LogP contribution in [0, 0.1) is 13.8 Å². The van der Waals surface area contributed by atoms with E-state index in [1.54, 1.807) is 7.05 Å². The Morgan fingerprint density at radius 1 is 1.09 bits per heavy atom. The molecule has 2 N–H and O–H groups in total. The highest BCUT2D eigenvalue weighted by atomic mass is 16.2. The number of rotatable bonds is 2. The summed E-state index contributed by atoms with van der Waals surface area (Å²) in [7, 11) is 3.03. The van der Waals surface area contributed by atoms with E-state index in [4.69, 9.17) is 0 Å². The van der Waals surface area contributed by atoms with Gasteiger partial charge in [-0.1, -0.05) is 6.07 Å². The number of H-pyrrole nitrogens is 1. The lowest BCUT2D eigenvalue weighted by Gasteiger charge is -2.05. The van der Waals surface area contributed by atoms with Crippen LogP contribution in [-0.2, 0) is 14.1 Å². The zero-order chi connectivity index (χ0) is 16.0. The van der Waals surface area contributed by atoms with Gasteiger partial charge in [0.25, 0.3) is 5.56 Å². The molecule has 3 rings (SSSR count). The smallest absolute Gasteiger partial charge is 0.326 e. The maximum absolute atomic E-state index is 12.1. The number of nitrogens with zero attached hydrogens (tertiary/aromatic N) is 3. The Morgan fingerprint density at radius 2 is 1.82 bits per heavy atom. The summed E-state index contributed by atoms with van der Waals surface area (Å²) in [5.41, 5.74) is 3.07. The number of hydrogen-bond donors (Lipinski definition) is 2. The van der Waals surface area contributed by atoms with Gasteiger partial charge in [0.2, 0.25) is 5.95 Å². The number of aryl methyl sites for hydroxylation is 3. The summed E-state index contributed by atoms with van der Waals surface area (Å²) in [6.07, 6.45) is 0. The third kappa shape index (κ3) is 2.11. The molecule has 0 amide bonds. The van der Waals surface area contributed by atoms with Crippen LogP contribution in [0.4, 0.5) is 11.6 Å². The van der Waals surface area contributed by atoms with Crippen molar-refractivity contribution in [1.29, 1.82) is 0 Å². The topological polar surface area (TPSA) is 84.7 Å². The van der Waals surface area contributed by atoms with Crippen LogP contribution in [0.1, 0.15) is 11.1 Å². The van der Waals surface area contributed by atoms with Gasteiger partial charge in [0, 0.05) is 19.8 Å². The summed E-state index contributed by atoms with van der Waals surface area (Å²) in [4.78, 5) is 31.3. The van der Waals surface area contributed by atoms with Crippen LogP contribution in [0.2, 0.25) is 0 Å². The van der Waals surface area contributed by atoms with Crippen molar-refractivity contribution in [2.24, 2.45) is 14.1 Å². The second kappa shape index (κ2) is 4.87. The molecule has 2 aromatic heterocycles. The molecule has 0 spiro atoms. The number of fused-ring (bicyclic) bond motifs is 1. The molecule has 0 radical (unpaired) electrons. The number of nitrogens with one attached hydrogen (secondary N) is 2. The van der Waals surface area contributed by atoms with E-state index < -0.39 is 11.2 Å². The first kappa shape index (κ1) is 14.1. The van der Waals surface area contributed by atoms with E-state index in [0.717, 1.165) is 15.8 Å². The summed E-state index contributed by atoms with van der Waals surface area (Å²) in [5.74, 6) is 0.427. The van der Waals surface area contributed by atoms with E-state index in [0.29, 0.717) is 17.1 Å². The second-order valence-electron chi connectivity index (χ2n) is 5.41. The van der Waals surface area contributed by atoms with Crippen molar-refractivity contribution in [3.63, 3.8) is 0 Å². The SMILES string of the molecule is Cc1ccc(Nc2nc3c([nH]2)c(=O)n(C)c(=O)n3C)cc1C. The number of aromatic amines is 1. The first-order valence-corrected chi connectivity index (χ1v) is 6.88. The molecule has 0 bridgehead atoms. The van der Waals surface area contributed by atoms with E-state index >= 15 is 0 Å². The predicted molar refractivity (Wildman–Crippen MR) is 85.8 cm³/mol. The minimum Gasteiger partial charge on any atom is -0.326 e. The van der Waals surface area contributed by atoms with Crippen molar-refractivity contribution in [3.8, 4) is 0 Å². The van der Waals surface area contributed by atoms with Crippen molar-refractivity contribution >= 4 is 22.8 Å². The fraction of sp³-hybridized carbons (Fsp3) is 0.267. The van der Waals surface area contributed by atoms with Crippen LogP contribution >= 0.6 is 0 Å². The van der Waals surface area contributed by atoms with Crippen molar-refractivity contribution < 1.29 is 0 Å². The lowest BCUT2D eigenvalue weighted by Crippen LogP contribution is -2.36. The number of benzene rings is 1. The Kier molecular flexibility index (Phi) is 3.13. The summed E-state index contributed by atoms with van der Waals surface area (Å²) < 4.78 is 2.40. The van der Waals surface area contributed by atoms with E-state index in [1.165, 1.54) is 17.2 Å². The molecule has 114 valence electrons. The average Bonchev–Trinajstić information content (AvgIpc) is 2.91. The molecule has 1 aromatic carbocycles. The number of hydrogen-bond acceptors (Lipinski definition) is 4. The molecule has 0 fully saturated rings. The van der Waals surface area contributed by atoms with Gasteiger partial charge in [-0.15, -0.1) is 0 Å². The molecule has 0 aliphatic rings. The van der Waals surface area contributed by atoms with Crippen LogP contribution in [0.3, 0.4) is 0 Å². The number of aromatic nitrogens is 4. The van der Waals surface area contributed by atoms with E-state index in [1.807, 2.05) is 32.0 Å². The average molecular weight is 299 g/mol. The standard InChI is InChI=1S/C15H17N5O2/c1-8-5-6-10(7-9(8)2)16-14-17-11-12(18-14)19(3)15(22)20(4)13(11)21/h5-7H,1-4H3,(H2,16,17,18). The minimum absolute atomic E-state index is 0.302. The van der Waals surface area contributed by atoms with Gasteiger partial charge in [0.05, 0.1) is 0 Å². The van der Waals surface area contributed by atoms with Gasteiger partial charge in [-0.2, -0.15) is 4.98 Å². The molecule has 0 atom stereocenters. The third-order valence-electron chi connectivity index (χ3n) is 3.86. The van der Waals surface area contributed by atoms with E-state index in [9.17, 15) is 9.59 Å². The lowest BCUT2D eigenvalue weighted by molar-refractivity contribution is 0.709. The molecular formula is C15H17N5O2. The summed E-state index contributed by atoms with van der Waals surface area (Å²) >= 11 is 0.